The third-order valence-corrected chi connectivity index (χ3v) is 5.97. The van der Waals surface area contributed by atoms with Gasteiger partial charge in [0.25, 0.3) is 0 Å². The molecular weight excluding hydrogens is 655 g/mol. The number of methoxy groups -OCH3 is 2. The van der Waals surface area contributed by atoms with E-state index in [0.717, 1.165) is 49.6 Å². The summed E-state index contributed by atoms with van der Waals surface area (Å²) in [5.74, 6) is 1.55. The number of nitrogens with zero attached hydrogens (tertiary/aromatic N) is 1. The molecule has 11 nitrogen and oxygen atoms in total. The number of benzene rings is 1. The summed E-state index contributed by atoms with van der Waals surface area (Å²) in [5, 5.41) is 18.0. The second-order valence-electron chi connectivity index (χ2n) is 11.0. The van der Waals surface area contributed by atoms with Gasteiger partial charge < -0.3 is 34.9 Å². The number of ether oxygens (including phenoxy) is 4. The van der Waals surface area contributed by atoms with Crippen LogP contribution in [0.25, 0.3) is 5.32 Å². The zero-order valence-corrected chi connectivity index (χ0v) is 30.5. The van der Waals surface area contributed by atoms with Gasteiger partial charge in [-0.2, -0.15) is 0 Å². The Balaban J connectivity index is 0. The fraction of sp³-hybridized carbons (Fsp3) is 0.733. The van der Waals surface area contributed by atoms with Crippen LogP contribution in [0.3, 0.4) is 0 Å². The standard InChI is InChI=1S/C12H15ClN.C7H15NO4.C6H12O.C5H11NO3.Y/c13-12-5-1-3-10(8-12)7-11-4-2-6-14-9-11;1-7(2,3)12-6(9)8-4-5-11-10;1-6-3-2-4-7-5-6;1-8-4-3-6-5(7)9-2;/h1,3,5,8,11H,2,4,6-7,9H2;10H,4-5H2,1-3H3,(H,8,9);6H,2-5H2,1H3;3-4H2,1-2H3,(H,6,7);/q-1;;;;. The van der Waals surface area contributed by atoms with E-state index in [4.69, 9.17) is 26.3 Å². The van der Waals surface area contributed by atoms with Gasteiger partial charge in [0.15, 0.2) is 0 Å². The number of halogens is 1. The smallest absolute Gasteiger partial charge is 0.407 e. The average molecular weight is 708 g/mol. The van der Waals surface area contributed by atoms with Gasteiger partial charge in [0.2, 0.25) is 0 Å². The van der Waals surface area contributed by atoms with Crippen molar-refractivity contribution in [2.75, 3.05) is 66.8 Å². The fourth-order valence-electron chi connectivity index (χ4n) is 3.76. The van der Waals surface area contributed by atoms with Crippen LogP contribution in [0, 0.1) is 11.8 Å². The molecule has 0 aliphatic carbocycles. The summed E-state index contributed by atoms with van der Waals surface area (Å²) in [5.41, 5.74) is 0.851. The van der Waals surface area contributed by atoms with E-state index in [1.54, 1.807) is 27.9 Å². The number of nitrogens with one attached hydrogen (secondary N) is 2. The number of piperidine rings is 1. The number of hydrogen-bond donors (Lipinski definition) is 3. The van der Waals surface area contributed by atoms with E-state index >= 15 is 0 Å². The first-order chi connectivity index (χ1) is 20.0. The molecule has 2 aliphatic heterocycles. The molecule has 1 aromatic rings. The molecule has 3 rings (SSSR count). The van der Waals surface area contributed by atoms with Gasteiger partial charge in [-0.3, -0.25) is 5.26 Å². The summed E-state index contributed by atoms with van der Waals surface area (Å²) in [4.78, 5) is 24.9. The van der Waals surface area contributed by atoms with Gasteiger partial charge >= 0.3 is 12.2 Å². The van der Waals surface area contributed by atoms with Crippen LogP contribution in [-0.4, -0.2) is 89.9 Å². The number of carbonyl (C=O) groups excluding carboxylic acids is 2. The molecule has 2 amide bonds. The fourth-order valence-corrected chi connectivity index (χ4v) is 3.98. The molecule has 13 heteroatoms. The van der Waals surface area contributed by atoms with Crippen molar-refractivity contribution >= 4 is 23.8 Å². The Kier molecular flexibility index (Phi) is 29.1. The van der Waals surface area contributed by atoms with Gasteiger partial charge in [0.1, 0.15) is 5.60 Å². The maximum atomic E-state index is 10.9. The van der Waals surface area contributed by atoms with E-state index in [9.17, 15) is 9.59 Å². The van der Waals surface area contributed by atoms with Crippen LogP contribution in [-0.2, 0) is 63.0 Å². The molecule has 0 spiro atoms. The Morgan fingerprint density at radius 1 is 1.09 bits per heavy atom. The van der Waals surface area contributed by atoms with Gasteiger partial charge in [0, 0.05) is 71.1 Å². The zero-order chi connectivity index (χ0) is 31.6. The Hall–Kier alpha value is -1.05. The van der Waals surface area contributed by atoms with Crippen molar-refractivity contribution in [1.82, 2.24) is 10.6 Å². The number of carbonyl (C=O) groups is 2. The predicted octanol–water partition coefficient (Wildman–Crippen LogP) is 6.09. The third kappa shape index (κ3) is 29.4. The topological polar surface area (TPSA) is 139 Å². The Labute approximate surface area is 288 Å². The van der Waals surface area contributed by atoms with Crippen LogP contribution in [0.4, 0.5) is 9.59 Å². The Morgan fingerprint density at radius 3 is 2.28 bits per heavy atom. The first kappa shape index (κ1) is 44.1. The van der Waals surface area contributed by atoms with Crippen molar-refractivity contribution in [1.29, 1.82) is 0 Å². The van der Waals surface area contributed by atoms with Crippen LogP contribution in [0.1, 0.15) is 58.9 Å². The van der Waals surface area contributed by atoms with Crippen molar-refractivity contribution in [2.24, 2.45) is 11.8 Å². The van der Waals surface area contributed by atoms with Gasteiger partial charge in [-0.05, 0) is 63.6 Å². The SMILES string of the molecule is CC(C)(C)OC(=O)NCCOO.CC1CCCOC1.COCCNC(=O)OC.Clc1cccc(CC2CCC[N-]C2)c1.[Y]. The van der Waals surface area contributed by atoms with Crippen LogP contribution < -0.4 is 10.6 Å². The zero-order valence-electron chi connectivity index (χ0n) is 26.9. The van der Waals surface area contributed by atoms with Crippen molar-refractivity contribution in [2.45, 2.75) is 65.4 Å². The summed E-state index contributed by atoms with van der Waals surface area (Å²) >= 11 is 5.94. The van der Waals surface area contributed by atoms with Gasteiger partial charge in [-0.25, -0.2) is 14.5 Å². The van der Waals surface area contributed by atoms with E-state index in [1.165, 1.54) is 38.4 Å². The summed E-state index contributed by atoms with van der Waals surface area (Å²) in [6.45, 7) is 12.9. The third-order valence-electron chi connectivity index (χ3n) is 5.74. The Morgan fingerprint density at radius 2 is 1.79 bits per heavy atom. The van der Waals surface area contributed by atoms with Crippen LogP contribution in [0.5, 0.6) is 0 Å². The largest absolute Gasteiger partial charge is 0.662 e. The van der Waals surface area contributed by atoms with Crippen molar-refractivity contribution in [3.8, 4) is 0 Å². The molecule has 2 fully saturated rings. The predicted molar refractivity (Wildman–Crippen MR) is 165 cm³/mol. The van der Waals surface area contributed by atoms with Crippen molar-refractivity contribution < 1.29 is 71.4 Å². The van der Waals surface area contributed by atoms with Gasteiger partial charge in [-0.15, -0.1) is 13.1 Å². The molecule has 2 saturated heterocycles. The molecule has 2 aliphatic rings. The molecule has 2 heterocycles. The minimum Gasteiger partial charge on any atom is -0.662 e. The molecular formula is C30H53ClN3O8Y-. The summed E-state index contributed by atoms with van der Waals surface area (Å²) in [6, 6.07) is 8.17. The van der Waals surface area contributed by atoms with E-state index in [2.05, 4.69) is 49.4 Å². The molecule has 43 heavy (non-hydrogen) atoms. The van der Waals surface area contributed by atoms with Crippen molar-refractivity contribution in [3.05, 3.63) is 40.2 Å². The molecule has 2 atom stereocenters. The first-order valence-electron chi connectivity index (χ1n) is 14.5. The van der Waals surface area contributed by atoms with Crippen LogP contribution in [0.2, 0.25) is 5.02 Å². The Bertz CT molecular complexity index is 821. The molecule has 2 unspecified atom stereocenters. The van der Waals surface area contributed by atoms with E-state index in [-0.39, 0.29) is 45.9 Å². The number of alkyl carbamates (subject to hydrolysis) is 2. The minimum absolute atomic E-state index is 0. The van der Waals surface area contributed by atoms with E-state index < -0.39 is 17.8 Å². The monoisotopic (exact) mass is 707 g/mol. The maximum Gasteiger partial charge on any atom is 0.407 e. The van der Waals surface area contributed by atoms with E-state index in [0.29, 0.717) is 13.2 Å². The van der Waals surface area contributed by atoms with Crippen LogP contribution in [0.15, 0.2) is 24.3 Å². The summed E-state index contributed by atoms with van der Waals surface area (Å²) in [6.07, 6.45) is 5.39. The van der Waals surface area contributed by atoms with E-state index in [1.807, 2.05) is 12.1 Å². The molecule has 3 N–H and O–H groups in total. The molecule has 0 bridgehead atoms. The van der Waals surface area contributed by atoms with Gasteiger partial charge in [-0.1, -0.05) is 49.4 Å². The second kappa shape index (κ2) is 28.4. The molecule has 1 radical (unpaired) electrons. The summed E-state index contributed by atoms with van der Waals surface area (Å²) < 4.78 is 19.0. The minimum atomic E-state index is -0.514. The van der Waals surface area contributed by atoms with Gasteiger partial charge in [0.05, 0.1) is 20.3 Å². The first-order valence-corrected chi connectivity index (χ1v) is 14.9. The molecule has 0 saturated carbocycles. The molecule has 247 valence electrons. The number of rotatable bonds is 8. The number of hydrogen-bond acceptors (Lipinski definition) is 8. The molecule has 0 aromatic heterocycles. The second-order valence-corrected chi connectivity index (χ2v) is 11.4. The summed E-state index contributed by atoms with van der Waals surface area (Å²) in [7, 11) is 2.89. The quantitative estimate of drug-likeness (QED) is 0.168. The molecule has 1 aromatic carbocycles. The maximum absolute atomic E-state index is 10.9. The normalized spacial score (nSPS) is 17.5. The van der Waals surface area contributed by atoms with Crippen LogP contribution >= 0.6 is 11.6 Å². The van der Waals surface area contributed by atoms with Crippen molar-refractivity contribution in [3.63, 3.8) is 0 Å². The number of amides is 2. The average Bonchev–Trinajstić information content (AvgIpc) is 2.94.